The molecule has 24 heavy (non-hydrogen) atoms. The van der Waals surface area contributed by atoms with Crippen LogP contribution in [0.3, 0.4) is 0 Å². The molecule has 0 saturated heterocycles. The smallest absolute Gasteiger partial charge is 0.290 e. The number of nitrogens with zero attached hydrogens (tertiary/aromatic N) is 2. The van der Waals surface area contributed by atoms with Gasteiger partial charge in [-0.1, -0.05) is 24.3 Å². The Balaban J connectivity index is 1.88. The summed E-state index contributed by atoms with van der Waals surface area (Å²) in [6, 6.07) is 11.2. The maximum absolute atomic E-state index is 12.6. The van der Waals surface area contributed by atoms with Gasteiger partial charge in [0, 0.05) is 0 Å². The molecule has 0 aliphatic heterocycles. The van der Waals surface area contributed by atoms with E-state index in [-0.39, 0.29) is 11.3 Å². The number of carbonyl (C=O) groups excluding carboxylic acids is 1. The first-order valence-electron chi connectivity index (χ1n) is 6.93. The number of hydrogen-bond acceptors (Lipinski definition) is 3. The van der Waals surface area contributed by atoms with Gasteiger partial charge in [-0.25, -0.2) is 4.98 Å². The van der Waals surface area contributed by atoms with Crippen LogP contribution in [-0.4, -0.2) is 15.8 Å². The second-order valence-corrected chi connectivity index (χ2v) is 5.53. The Morgan fingerprint density at radius 2 is 1.62 bits per heavy atom. The standard InChI is InChI=1S/C17H10ClF3N2O/c18-15(10-5-7-11(8-6-10)17(19,20)21)16(24)14-9-22-12-3-1-2-4-13(12)23-14/h1-9,15H. The number of rotatable bonds is 3. The zero-order valence-electron chi connectivity index (χ0n) is 12.1. The van der Waals surface area contributed by atoms with Crippen LogP contribution in [-0.2, 0) is 6.18 Å². The van der Waals surface area contributed by atoms with Gasteiger partial charge in [0.25, 0.3) is 0 Å². The maximum atomic E-state index is 12.6. The SMILES string of the molecule is O=C(c1cnc2ccccc2n1)C(Cl)c1ccc(C(F)(F)F)cc1. The van der Waals surface area contributed by atoms with Gasteiger partial charge >= 0.3 is 6.18 Å². The van der Waals surface area contributed by atoms with Crippen LogP contribution in [0.5, 0.6) is 0 Å². The highest BCUT2D eigenvalue weighted by atomic mass is 35.5. The third-order valence-electron chi connectivity index (χ3n) is 3.46. The number of alkyl halides is 4. The third-order valence-corrected chi connectivity index (χ3v) is 3.91. The predicted octanol–water partition coefficient (Wildman–Crippen LogP) is 4.81. The first-order chi connectivity index (χ1) is 11.4. The van der Waals surface area contributed by atoms with Crippen LogP contribution in [0.15, 0.2) is 54.7 Å². The van der Waals surface area contributed by atoms with Gasteiger partial charge in [0.1, 0.15) is 11.1 Å². The summed E-state index contributed by atoms with van der Waals surface area (Å²) in [6.07, 6.45) is -3.13. The first kappa shape index (κ1) is 16.4. The zero-order chi connectivity index (χ0) is 17.3. The Hall–Kier alpha value is -2.47. The molecule has 7 heteroatoms. The fourth-order valence-electron chi connectivity index (χ4n) is 2.20. The maximum Gasteiger partial charge on any atom is 0.416 e. The van der Waals surface area contributed by atoms with Gasteiger partial charge in [-0.3, -0.25) is 9.78 Å². The number of carbonyl (C=O) groups is 1. The number of fused-ring (bicyclic) bond motifs is 1. The molecule has 0 saturated carbocycles. The van der Waals surface area contributed by atoms with Gasteiger partial charge in [0.2, 0.25) is 5.78 Å². The average molecular weight is 351 g/mol. The van der Waals surface area contributed by atoms with E-state index in [1.54, 1.807) is 24.3 Å². The Bertz CT molecular complexity index is 894. The second-order valence-electron chi connectivity index (χ2n) is 5.09. The monoisotopic (exact) mass is 350 g/mol. The van der Waals surface area contributed by atoms with Crippen LogP contribution in [0.2, 0.25) is 0 Å². The summed E-state index contributed by atoms with van der Waals surface area (Å²) in [7, 11) is 0. The second kappa shape index (κ2) is 6.20. The molecule has 122 valence electrons. The lowest BCUT2D eigenvalue weighted by Crippen LogP contribution is -2.11. The van der Waals surface area contributed by atoms with Crippen molar-refractivity contribution in [3.05, 3.63) is 71.5 Å². The van der Waals surface area contributed by atoms with Crippen molar-refractivity contribution < 1.29 is 18.0 Å². The summed E-state index contributed by atoms with van der Waals surface area (Å²) in [6.45, 7) is 0. The number of halogens is 4. The molecule has 0 radical (unpaired) electrons. The zero-order valence-corrected chi connectivity index (χ0v) is 12.8. The highest BCUT2D eigenvalue weighted by molar-refractivity contribution is 6.33. The van der Waals surface area contributed by atoms with Gasteiger partial charge in [-0.05, 0) is 29.8 Å². The summed E-state index contributed by atoms with van der Waals surface area (Å²) >= 11 is 6.11. The largest absolute Gasteiger partial charge is 0.416 e. The van der Waals surface area contributed by atoms with E-state index in [9.17, 15) is 18.0 Å². The number of Topliss-reactive ketones (excluding diaryl/α,β-unsaturated/α-hetero) is 1. The molecular formula is C17H10ClF3N2O. The van der Waals surface area contributed by atoms with Gasteiger partial charge < -0.3 is 0 Å². The Morgan fingerprint density at radius 3 is 2.25 bits per heavy atom. The van der Waals surface area contributed by atoms with E-state index < -0.39 is 22.9 Å². The normalized spacial score (nSPS) is 13.0. The van der Waals surface area contributed by atoms with Crippen molar-refractivity contribution in [1.29, 1.82) is 0 Å². The topological polar surface area (TPSA) is 42.9 Å². The summed E-state index contributed by atoms with van der Waals surface area (Å²) in [4.78, 5) is 20.7. The number of para-hydroxylation sites is 2. The minimum atomic E-state index is -4.44. The van der Waals surface area contributed by atoms with E-state index in [1.807, 2.05) is 0 Å². The highest BCUT2D eigenvalue weighted by Gasteiger charge is 2.30. The van der Waals surface area contributed by atoms with Crippen molar-refractivity contribution >= 4 is 28.4 Å². The molecule has 0 aliphatic rings. The molecule has 0 amide bonds. The Kier molecular flexibility index (Phi) is 4.24. The molecule has 0 fully saturated rings. The first-order valence-corrected chi connectivity index (χ1v) is 7.37. The van der Waals surface area contributed by atoms with Crippen LogP contribution in [0.1, 0.15) is 27.0 Å². The van der Waals surface area contributed by atoms with Gasteiger partial charge in [0.15, 0.2) is 0 Å². The van der Waals surface area contributed by atoms with E-state index in [2.05, 4.69) is 9.97 Å². The quantitative estimate of drug-likeness (QED) is 0.503. The van der Waals surface area contributed by atoms with Crippen LogP contribution in [0, 0.1) is 0 Å². The number of ketones is 1. The molecule has 3 rings (SSSR count). The van der Waals surface area contributed by atoms with Crippen molar-refractivity contribution in [2.24, 2.45) is 0 Å². The fraction of sp³-hybridized carbons (Fsp3) is 0.118. The molecule has 1 atom stereocenters. The van der Waals surface area contributed by atoms with Gasteiger partial charge in [-0.15, -0.1) is 11.6 Å². The van der Waals surface area contributed by atoms with Crippen LogP contribution in [0.25, 0.3) is 11.0 Å². The van der Waals surface area contributed by atoms with E-state index in [0.717, 1.165) is 12.1 Å². The van der Waals surface area contributed by atoms with Crippen molar-refractivity contribution in [3.63, 3.8) is 0 Å². The summed E-state index contributed by atoms with van der Waals surface area (Å²) in [5, 5.41) is -1.14. The lowest BCUT2D eigenvalue weighted by Gasteiger charge is -2.11. The van der Waals surface area contributed by atoms with Gasteiger partial charge in [-0.2, -0.15) is 13.2 Å². The summed E-state index contributed by atoms with van der Waals surface area (Å²) in [5.41, 5.74) is 0.709. The van der Waals surface area contributed by atoms with Crippen LogP contribution >= 0.6 is 11.6 Å². The summed E-state index contributed by atoms with van der Waals surface area (Å²) in [5.74, 6) is -0.519. The average Bonchev–Trinajstić information content (AvgIpc) is 2.59. The summed E-state index contributed by atoms with van der Waals surface area (Å²) < 4.78 is 37.7. The number of aromatic nitrogens is 2. The molecule has 3 aromatic rings. The highest BCUT2D eigenvalue weighted by Crippen LogP contribution is 2.31. The lowest BCUT2D eigenvalue weighted by atomic mass is 10.0. The van der Waals surface area contributed by atoms with E-state index in [0.29, 0.717) is 11.0 Å². The molecule has 0 aliphatic carbocycles. The minimum absolute atomic E-state index is 0.0635. The molecule has 0 N–H and O–H groups in total. The van der Waals surface area contributed by atoms with E-state index >= 15 is 0 Å². The fourth-order valence-corrected chi connectivity index (χ4v) is 2.46. The molecule has 1 heterocycles. The van der Waals surface area contributed by atoms with Crippen molar-refractivity contribution in [2.75, 3.05) is 0 Å². The van der Waals surface area contributed by atoms with E-state index in [4.69, 9.17) is 11.6 Å². The Labute approximate surface area is 140 Å². The molecule has 3 nitrogen and oxygen atoms in total. The van der Waals surface area contributed by atoms with Gasteiger partial charge in [0.05, 0.1) is 22.8 Å². The molecule has 0 spiro atoms. The molecule has 2 aromatic carbocycles. The van der Waals surface area contributed by atoms with Crippen molar-refractivity contribution in [1.82, 2.24) is 9.97 Å². The van der Waals surface area contributed by atoms with Crippen LogP contribution in [0.4, 0.5) is 13.2 Å². The predicted molar refractivity (Wildman–Crippen MR) is 83.9 cm³/mol. The Morgan fingerprint density at radius 1 is 1.00 bits per heavy atom. The van der Waals surface area contributed by atoms with Crippen molar-refractivity contribution in [3.8, 4) is 0 Å². The molecule has 1 aromatic heterocycles. The molecular weight excluding hydrogens is 341 g/mol. The lowest BCUT2D eigenvalue weighted by molar-refractivity contribution is -0.137. The van der Waals surface area contributed by atoms with Crippen LogP contribution < -0.4 is 0 Å². The molecule has 1 unspecified atom stereocenters. The minimum Gasteiger partial charge on any atom is -0.290 e. The number of benzene rings is 2. The van der Waals surface area contributed by atoms with Crippen molar-refractivity contribution in [2.45, 2.75) is 11.6 Å². The molecule has 0 bridgehead atoms. The van der Waals surface area contributed by atoms with E-state index in [1.165, 1.54) is 18.3 Å². The number of hydrogen-bond donors (Lipinski definition) is 0. The third kappa shape index (κ3) is 3.23.